The highest BCUT2D eigenvalue weighted by atomic mass is 15.0. The topological polar surface area (TPSA) is 12.0 Å². The van der Waals surface area contributed by atoms with Gasteiger partial charge in [0, 0.05) is 12.0 Å². The van der Waals surface area contributed by atoms with Gasteiger partial charge in [0.15, 0.2) is 0 Å². The van der Waals surface area contributed by atoms with Crippen molar-refractivity contribution in [3.05, 3.63) is 0 Å². The molecule has 0 aromatic carbocycles. The van der Waals surface area contributed by atoms with Crippen LogP contribution in [0.3, 0.4) is 0 Å². The fourth-order valence-electron chi connectivity index (χ4n) is 1.78. The van der Waals surface area contributed by atoms with Crippen molar-refractivity contribution in [1.82, 2.24) is 5.32 Å². The second-order valence-corrected chi connectivity index (χ2v) is 3.06. The normalized spacial score (nSPS) is 45.2. The number of hydrogen-bond acceptors (Lipinski definition) is 1. The molecule has 48 valence electrons. The Labute approximate surface area is 55.8 Å². The van der Waals surface area contributed by atoms with Gasteiger partial charge in [-0.15, -0.1) is 5.92 Å². The van der Waals surface area contributed by atoms with Crippen molar-refractivity contribution >= 4 is 0 Å². The summed E-state index contributed by atoms with van der Waals surface area (Å²) in [5, 5.41) is 3.34. The van der Waals surface area contributed by atoms with Gasteiger partial charge in [0.05, 0.1) is 0 Å². The van der Waals surface area contributed by atoms with Gasteiger partial charge in [-0.1, -0.05) is 5.92 Å². The first-order chi connectivity index (χ1) is 4.37. The maximum atomic E-state index is 3.34. The largest absolute Gasteiger partial charge is 0.315 e. The molecule has 1 saturated carbocycles. The monoisotopic (exact) mass is 121 g/mol. The molecule has 2 rings (SSSR count). The first-order valence-electron chi connectivity index (χ1n) is 3.52. The van der Waals surface area contributed by atoms with Crippen molar-refractivity contribution in [3.8, 4) is 11.8 Å². The number of fused-ring (bicyclic) bond motifs is 1. The van der Waals surface area contributed by atoms with E-state index in [1.54, 1.807) is 0 Å². The lowest BCUT2D eigenvalue weighted by atomic mass is 10.1. The predicted molar refractivity (Wildman–Crippen MR) is 36.9 cm³/mol. The second kappa shape index (κ2) is 1.52. The molecule has 1 heterocycles. The van der Waals surface area contributed by atoms with Gasteiger partial charge in [-0.3, -0.25) is 0 Å². The second-order valence-electron chi connectivity index (χ2n) is 3.06. The third-order valence-electron chi connectivity index (χ3n) is 2.44. The first kappa shape index (κ1) is 5.32. The molecule has 9 heavy (non-hydrogen) atoms. The Morgan fingerprint density at radius 1 is 1.67 bits per heavy atom. The van der Waals surface area contributed by atoms with Gasteiger partial charge in [0.1, 0.15) is 0 Å². The number of rotatable bonds is 0. The summed E-state index contributed by atoms with van der Waals surface area (Å²) in [5.41, 5.74) is 0.439. The van der Waals surface area contributed by atoms with Crippen LogP contribution in [0.15, 0.2) is 0 Å². The van der Waals surface area contributed by atoms with Crippen LogP contribution >= 0.6 is 0 Å². The summed E-state index contributed by atoms with van der Waals surface area (Å²) in [6.07, 6.45) is 1.35. The van der Waals surface area contributed by atoms with E-state index in [9.17, 15) is 0 Å². The van der Waals surface area contributed by atoms with E-state index in [-0.39, 0.29) is 0 Å². The molecule has 0 spiro atoms. The fraction of sp³-hybridized carbons (Fsp3) is 0.750. The average molecular weight is 121 g/mol. The molecule has 2 fully saturated rings. The Kier molecular flexibility index (Phi) is 0.896. The maximum Gasteiger partial charge on any atom is 0.0483 e. The molecular weight excluding hydrogens is 110 g/mol. The summed E-state index contributed by atoms with van der Waals surface area (Å²) in [6.45, 7) is 4.27. The zero-order chi connectivity index (χ0) is 6.32. The molecule has 1 saturated heterocycles. The van der Waals surface area contributed by atoms with E-state index in [0.29, 0.717) is 5.41 Å². The lowest BCUT2D eigenvalue weighted by Gasteiger charge is -1.98. The minimum Gasteiger partial charge on any atom is -0.315 e. The van der Waals surface area contributed by atoms with Gasteiger partial charge in [-0.2, -0.15) is 0 Å². The quantitative estimate of drug-likeness (QED) is 0.463. The van der Waals surface area contributed by atoms with Crippen LogP contribution in [0.25, 0.3) is 0 Å². The molecule has 1 nitrogen and oxygen atoms in total. The lowest BCUT2D eigenvalue weighted by molar-refractivity contribution is 0.666. The molecule has 2 unspecified atom stereocenters. The molecule has 2 atom stereocenters. The van der Waals surface area contributed by atoms with Gasteiger partial charge in [-0.25, -0.2) is 0 Å². The van der Waals surface area contributed by atoms with Gasteiger partial charge in [-0.05, 0) is 25.8 Å². The van der Waals surface area contributed by atoms with Crippen LogP contribution in [0.1, 0.15) is 13.3 Å². The molecule has 1 N–H and O–H groups in total. The summed E-state index contributed by atoms with van der Waals surface area (Å²) < 4.78 is 0. The minimum absolute atomic E-state index is 0.439. The first-order valence-corrected chi connectivity index (χ1v) is 3.52. The molecule has 1 aliphatic carbocycles. The lowest BCUT2D eigenvalue weighted by Crippen LogP contribution is -2.14. The summed E-state index contributed by atoms with van der Waals surface area (Å²) in [6, 6.07) is 0. The van der Waals surface area contributed by atoms with Crippen molar-refractivity contribution < 1.29 is 0 Å². The highest BCUT2D eigenvalue weighted by Crippen LogP contribution is 2.54. The van der Waals surface area contributed by atoms with E-state index < -0.39 is 0 Å². The molecule has 2 aliphatic rings. The molecule has 0 bridgehead atoms. The molecule has 0 aromatic heterocycles. The van der Waals surface area contributed by atoms with Gasteiger partial charge in [0.2, 0.25) is 0 Å². The Balaban J connectivity index is 2.16. The van der Waals surface area contributed by atoms with Crippen LogP contribution in [-0.2, 0) is 0 Å². The van der Waals surface area contributed by atoms with Crippen molar-refractivity contribution in [2.75, 3.05) is 13.1 Å². The average Bonchev–Trinajstić information content (AvgIpc) is 2.37. The van der Waals surface area contributed by atoms with E-state index >= 15 is 0 Å². The zero-order valence-corrected chi connectivity index (χ0v) is 5.70. The highest BCUT2D eigenvalue weighted by Gasteiger charge is 2.56. The molecular formula is C8H11N. The van der Waals surface area contributed by atoms with Crippen LogP contribution in [0, 0.1) is 23.2 Å². The zero-order valence-electron chi connectivity index (χ0n) is 5.70. The third kappa shape index (κ3) is 0.601. The highest BCUT2D eigenvalue weighted by molar-refractivity contribution is 5.26. The van der Waals surface area contributed by atoms with Crippen LogP contribution < -0.4 is 5.32 Å². The van der Waals surface area contributed by atoms with E-state index in [1.165, 1.54) is 13.0 Å². The van der Waals surface area contributed by atoms with E-state index in [4.69, 9.17) is 0 Å². The van der Waals surface area contributed by atoms with Crippen LogP contribution in [0.5, 0.6) is 0 Å². The van der Waals surface area contributed by atoms with Crippen LogP contribution in [-0.4, -0.2) is 13.1 Å². The van der Waals surface area contributed by atoms with Crippen LogP contribution in [0.2, 0.25) is 0 Å². The fourth-order valence-corrected chi connectivity index (χ4v) is 1.78. The Morgan fingerprint density at radius 3 is 3.00 bits per heavy atom. The SMILES string of the molecule is CC#CC12CNCC1C2. The smallest absolute Gasteiger partial charge is 0.0483 e. The number of hydrogen-bond donors (Lipinski definition) is 1. The van der Waals surface area contributed by atoms with Crippen molar-refractivity contribution in [1.29, 1.82) is 0 Å². The van der Waals surface area contributed by atoms with E-state index in [1.807, 2.05) is 6.92 Å². The van der Waals surface area contributed by atoms with Gasteiger partial charge in [0.25, 0.3) is 0 Å². The van der Waals surface area contributed by atoms with E-state index in [0.717, 1.165) is 12.5 Å². The maximum absolute atomic E-state index is 3.34. The Bertz CT molecular complexity index is 186. The molecule has 1 aliphatic heterocycles. The van der Waals surface area contributed by atoms with Crippen LogP contribution in [0.4, 0.5) is 0 Å². The summed E-state index contributed by atoms with van der Waals surface area (Å²) in [7, 11) is 0. The standard InChI is InChI=1S/C8H11N/c1-2-3-8-4-7(8)5-9-6-8/h7,9H,4-6H2,1H3. The van der Waals surface area contributed by atoms with Gasteiger partial charge >= 0.3 is 0 Å². The summed E-state index contributed by atoms with van der Waals surface area (Å²) in [5.74, 6) is 7.18. The molecule has 0 radical (unpaired) electrons. The Morgan fingerprint density at radius 2 is 2.56 bits per heavy atom. The summed E-state index contributed by atoms with van der Waals surface area (Å²) >= 11 is 0. The van der Waals surface area contributed by atoms with E-state index in [2.05, 4.69) is 17.2 Å². The van der Waals surface area contributed by atoms with Crippen molar-refractivity contribution in [3.63, 3.8) is 0 Å². The predicted octanol–water partition coefficient (Wildman–Crippen LogP) is 0.619. The minimum atomic E-state index is 0.439. The summed E-state index contributed by atoms with van der Waals surface area (Å²) in [4.78, 5) is 0. The van der Waals surface area contributed by atoms with Crippen molar-refractivity contribution in [2.45, 2.75) is 13.3 Å². The molecule has 1 heteroatoms. The van der Waals surface area contributed by atoms with Gasteiger partial charge < -0.3 is 5.32 Å². The Hall–Kier alpha value is -0.480. The third-order valence-corrected chi connectivity index (χ3v) is 2.44. The van der Waals surface area contributed by atoms with Crippen molar-refractivity contribution in [2.24, 2.45) is 11.3 Å². The number of nitrogens with one attached hydrogen (secondary N) is 1. The molecule has 0 amide bonds. The molecule has 0 aromatic rings. The number of piperidine rings is 1.